The third-order valence-corrected chi connectivity index (χ3v) is 2.71. The van der Waals surface area contributed by atoms with E-state index in [4.69, 9.17) is 9.68 Å². The Morgan fingerprint density at radius 1 is 1.35 bits per heavy atom. The molecule has 0 saturated carbocycles. The molecule has 0 spiro atoms. The Hall–Kier alpha value is -2.87. The van der Waals surface area contributed by atoms with Crippen LogP contribution < -0.4 is 5.43 Å². The second-order valence-electron chi connectivity index (χ2n) is 4.26. The van der Waals surface area contributed by atoms with Gasteiger partial charge in [-0.25, -0.2) is 5.43 Å². The maximum atomic E-state index is 11.8. The van der Waals surface area contributed by atoms with E-state index >= 15 is 0 Å². The average molecular weight is 267 g/mol. The van der Waals surface area contributed by atoms with Crippen LogP contribution >= 0.6 is 0 Å². The maximum Gasteiger partial charge on any atom is 0.274 e. The molecule has 0 bridgehead atoms. The monoisotopic (exact) mass is 267 g/mol. The molecular formula is C15H13N3O2. The van der Waals surface area contributed by atoms with Crippen molar-refractivity contribution in [3.8, 4) is 6.07 Å². The molecule has 0 saturated heterocycles. The number of hydrazone groups is 1. The van der Waals surface area contributed by atoms with Gasteiger partial charge in [0.1, 0.15) is 11.5 Å². The standard InChI is InChI=1S/C15H13N3O2/c1-10-7-14(11(2)20-10)15(19)18-17-9-13-5-3-12(8-16)4-6-13/h3-7,9H,1-2H3,(H,18,19). The Morgan fingerprint density at radius 2 is 2.05 bits per heavy atom. The lowest BCUT2D eigenvalue weighted by atomic mass is 10.2. The van der Waals surface area contributed by atoms with Gasteiger partial charge in [-0.1, -0.05) is 12.1 Å². The minimum Gasteiger partial charge on any atom is -0.466 e. The number of benzene rings is 1. The molecule has 0 aliphatic heterocycles. The zero-order valence-corrected chi connectivity index (χ0v) is 11.2. The van der Waals surface area contributed by atoms with E-state index in [1.54, 1.807) is 44.2 Å². The first-order chi connectivity index (χ1) is 9.60. The molecule has 0 radical (unpaired) electrons. The Balaban J connectivity index is 2.01. The van der Waals surface area contributed by atoms with E-state index < -0.39 is 0 Å². The number of nitrogens with zero attached hydrogens (tertiary/aromatic N) is 2. The van der Waals surface area contributed by atoms with Gasteiger partial charge in [0.15, 0.2) is 0 Å². The Morgan fingerprint density at radius 3 is 2.60 bits per heavy atom. The van der Waals surface area contributed by atoms with E-state index in [-0.39, 0.29) is 5.91 Å². The minimum atomic E-state index is -0.316. The number of furan rings is 1. The second-order valence-corrected chi connectivity index (χ2v) is 4.26. The van der Waals surface area contributed by atoms with Crippen LogP contribution in [0.5, 0.6) is 0 Å². The van der Waals surface area contributed by atoms with Crippen LogP contribution in [-0.4, -0.2) is 12.1 Å². The molecule has 0 unspecified atom stereocenters. The molecule has 0 aliphatic carbocycles. The van der Waals surface area contributed by atoms with Crippen molar-refractivity contribution < 1.29 is 9.21 Å². The van der Waals surface area contributed by atoms with E-state index in [0.29, 0.717) is 22.6 Å². The third-order valence-electron chi connectivity index (χ3n) is 2.71. The molecule has 100 valence electrons. The van der Waals surface area contributed by atoms with Crippen molar-refractivity contribution in [3.63, 3.8) is 0 Å². The van der Waals surface area contributed by atoms with Crippen molar-refractivity contribution in [2.75, 3.05) is 0 Å². The molecule has 0 aliphatic rings. The van der Waals surface area contributed by atoms with Gasteiger partial charge in [0, 0.05) is 0 Å². The Labute approximate surface area is 116 Å². The highest BCUT2D eigenvalue weighted by molar-refractivity contribution is 5.95. The summed E-state index contributed by atoms with van der Waals surface area (Å²) in [7, 11) is 0. The summed E-state index contributed by atoms with van der Waals surface area (Å²) in [5.41, 5.74) is 4.28. The number of carbonyl (C=O) groups excluding carboxylic acids is 1. The van der Waals surface area contributed by atoms with Gasteiger partial charge < -0.3 is 4.42 Å². The van der Waals surface area contributed by atoms with Gasteiger partial charge in [-0.05, 0) is 37.6 Å². The van der Waals surface area contributed by atoms with Crippen molar-refractivity contribution in [3.05, 3.63) is 58.5 Å². The van der Waals surface area contributed by atoms with Crippen LogP contribution in [0.1, 0.15) is 33.0 Å². The van der Waals surface area contributed by atoms with Crippen LogP contribution in [0.2, 0.25) is 0 Å². The smallest absolute Gasteiger partial charge is 0.274 e. The Kier molecular flexibility index (Phi) is 3.96. The van der Waals surface area contributed by atoms with Gasteiger partial charge in [0.05, 0.1) is 23.4 Å². The molecule has 2 rings (SSSR count). The molecule has 0 atom stereocenters. The normalized spacial score (nSPS) is 10.4. The molecule has 20 heavy (non-hydrogen) atoms. The summed E-state index contributed by atoms with van der Waals surface area (Å²) in [5.74, 6) is 0.932. The first kappa shape index (κ1) is 13.6. The van der Waals surface area contributed by atoms with Crippen LogP contribution in [0, 0.1) is 25.2 Å². The van der Waals surface area contributed by atoms with E-state index in [1.807, 2.05) is 6.07 Å². The van der Waals surface area contributed by atoms with E-state index in [2.05, 4.69) is 10.5 Å². The number of aryl methyl sites for hydroxylation is 2. The van der Waals surface area contributed by atoms with Crippen LogP contribution in [-0.2, 0) is 0 Å². The van der Waals surface area contributed by atoms with Crippen molar-refractivity contribution >= 4 is 12.1 Å². The lowest BCUT2D eigenvalue weighted by molar-refractivity contribution is 0.0953. The summed E-state index contributed by atoms with van der Waals surface area (Å²) in [4.78, 5) is 11.8. The van der Waals surface area contributed by atoms with Gasteiger partial charge in [0.2, 0.25) is 0 Å². The van der Waals surface area contributed by atoms with Gasteiger partial charge in [-0.2, -0.15) is 10.4 Å². The number of rotatable bonds is 3. The Bertz CT molecular complexity index is 691. The fourth-order valence-corrected chi connectivity index (χ4v) is 1.73. The van der Waals surface area contributed by atoms with Crippen LogP contribution in [0.3, 0.4) is 0 Å². The predicted molar refractivity (Wildman–Crippen MR) is 74.4 cm³/mol. The fraction of sp³-hybridized carbons (Fsp3) is 0.133. The molecule has 1 N–H and O–H groups in total. The second kappa shape index (κ2) is 5.85. The highest BCUT2D eigenvalue weighted by Gasteiger charge is 2.12. The molecule has 2 aromatic rings. The number of carbonyl (C=O) groups is 1. The van der Waals surface area contributed by atoms with Crippen LogP contribution in [0.4, 0.5) is 0 Å². The largest absolute Gasteiger partial charge is 0.466 e. The zero-order chi connectivity index (χ0) is 14.5. The minimum absolute atomic E-state index is 0.316. The van der Waals surface area contributed by atoms with Gasteiger partial charge in [-0.3, -0.25) is 4.79 Å². The first-order valence-corrected chi connectivity index (χ1v) is 6.01. The van der Waals surface area contributed by atoms with Crippen LogP contribution in [0.25, 0.3) is 0 Å². The lowest BCUT2D eigenvalue weighted by Crippen LogP contribution is -2.17. The molecule has 1 aromatic heterocycles. The van der Waals surface area contributed by atoms with Crippen molar-refractivity contribution in [1.82, 2.24) is 5.43 Å². The van der Waals surface area contributed by atoms with Crippen molar-refractivity contribution in [2.24, 2.45) is 5.10 Å². The van der Waals surface area contributed by atoms with Crippen molar-refractivity contribution in [1.29, 1.82) is 5.26 Å². The fourth-order valence-electron chi connectivity index (χ4n) is 1.73. The zero-order valence-electron chi connectivity index (χ0n) is 11.2. The first-order valence-electron chi connectivity index (χ1n) is 6.01. The summed E-state index contributed by atoms with van der Waals surface area (Å²) in [6, 6.07) is 10.6. The maximum absolute atomic E-state index is 11.8. The van der Waals surface area contributed by atoms with E-state index in [1.165, 1.54) is 6.21 Å². The topological polar surface area (TPSA) is 78.4 Å². The molecule has 1 heterocycles. The summed E-state index contributed by atoms with van der Waals surface area (Å²) in [6.45, 7) is 3.51. The number of amides is 1. The summed E-state index contributed by atoms with van der Waals surface area (Å²) < 4.78 is 5.28. The summed E-state index contributed by atoms with van der Waals surface area (Å²) in [5, 5.41) is 12.6. The van der Waals surface area contributed by atoms with Gasteiger partial charge in [-0.15, -0.1) is 0 Å². The number of hydrogen-bond acceptors (Lipinski definition) is 4. The molecule has 1 amide bonds. The lowest BCUT2D eigenvalue weighted by Gasteiger charge is -1.97. The van der Waals surface area contributed by atoms with E-state index in [0.717, 1.165) is 5.56 Å². The molecule has 5 nitrogen and oxygen atoms in total. The SMILES string of the molecule is Cc1cc(C(=O)NN=Cc2ccc(C#N)cc2)c(C)o1. The molecule has 5 heteroatoms. The number of hydrogen-bond donors (Lipinski definition) is 1. The highest BCUT2D eigenvalue weighted by atomic mass is 16.3. The van der Waals surface area contributed by atoms with Gasteiger partial charge >= 0.3 is 0 Å². The quantitative estimate of drug-likeness (QED) is 0.685. The highest BCUT2D eigenvalue weighted by Crippen LogP contribution is 2.13. The molecular weight excluding hydrogens is 254 g/mol. The number of nitrogens with one attached hydrogen (secondary N) is 1. The summed E-state index contributed by atoms with van der Waals surface area (Å²) in [6.07, 6.45) is 1.52. The number of nitriles is 1. The predicted octanol–water partition coefficient (Wildman–Crippen LogP) is 2.53. The van der Waals surface area contributed by atoms with Crippen LogP contribution in [0.15, 0.2) is 39.9 Å². The molecule has 1 aromatic carbocycles. The van der Waals surface area contributed by atoms with Gasteiger partial charge in [0.25, 0.3) is 5.91 Å². The summed E-state index contributed by atoms with van der Waals surface area (Å²) >= 11 is 0. The molecule has 0 fully saturated rings. The third kappa shape index (κ3) is 3.12. The average Bonchev–Trinajstić information content (AvgIpc) is 2.78. The van der Waals surface area contributed by atoms with E-state index in [9.17, 15) is 4.79 Å². The van der Waals surface area contributed by atoms with Crippen molar-refractivity contribution in [2.45, 2.75) is 13.8 Å².